The van der Waals surface area contributed by atoms with Gasteiger partial charge in [0.2, 0.25) is 0 Å². The number of benzene rings is 2. The minimum atomic E-state index is -3.42. The molecule has 31 heavy (non-hydrogen) atoms. The van der Waals surface area contributed by atoms with Gasteiger partial charge in [0.25, 0.3) is 0 Å². The molecule has 0 aromatic heterocycles. The van der Waals surface area contributed by atoms with Crippen molar-refractivity contribution in [1.29, 1.82) is 0 Å². The van der Waals surface area contributed by atoms with Crippen molar-refractivity contribution in [2.24, 2.45) is 0 Å². The van der Waals surface area contributed by atoms with Gasteiger partial charge >= 0.3 is 12.1 Å². The van der Waals surface area contributed by atoms with Crippen LogP contribution < -0.4 is 0 Å². The zero-order valence-electron chi connectivity index (χ0n) is 16.9. The Morgan fingerprint density at radius 2 is 1.58 bits per heavy atom. The van der Waals surface area contributed by atoms with Gasteiger partial charge in [-0.3, -0.25) is 0 Å². The van der Waals surface area contributed by atoms with Crippen molar-refractivity contribution in [2.75, 3.05) is 24.8 Å². The van der Waals surface area contributed by atoms with Crippen molar-refractivity contribution in [3.05, 3.63) is 65.7 Å². The van der Waals surface area contributed by atoms with E-state index in [-0.39, 0.29) is 29.3 Å². The minimum absolute atomic E-state index is 0.0557. The van der Waals surface area contributed by atoms with Crippen LogP contribution in [0.3, 0.4) is 0 Å². The fourth-order valence-corrected chi connectivity index (χ4v) is 3.79. The van der Waals surface area contributed by atoms with Gasteiger partial charge in [0.15, 0.2) is 9.84 Å². The third-order valence-corrected chi connectivity index (χ3v) is 5.98. The first-order valence-electron chi connectivity index (χ1n) is 9.42. The lowest BCUT2D eigenvalue weighted by Gasteiger charge is -2.14. The number of carboxylic acids is 1. The topological polar surface area (TPSA) is 107 Å². The molecule has 0 amide bonds. The van der Waals surface area contributed by atoms with Gasteiger partial charge in [0.1, 0.15) is 6.61 Å². The molecule has 0 atom stereocenters. The molecule has 0 fully saturated rings. The molecular formula is C22H23BrO7S. The number of sulfone groups is 1. The van der Waals surface area contributed by atoms with E-state index >= 15 is 0 Å². The summed E-state index contributed by atoms with van der Waals surface area (Å²) >= 11 is 3.29. The lowest BCUT2D eigenvalue weighted by atomic mass is 9.95. The van der Waals surface area contributed by atoms with Gasteiger partial charge in [-0.05, 0) is 36.1 Å². The summed E-state index contributed by atoms with van der Waals surface area (Å²) in [5.41, 5.74) is 1.00. The normalized spacial score (nSPS) is 12.1. The molecule has 7 nitrogen and oxygen atoms in total. The summed E-state index contributed by atoms with van der Waals surface area (Å²) in [6.45, 7) is -0.164. The molecule has 2 rings (SSSR count). The predicted octanol–water partition coefficient (Wildman–Crippen LogP) is 4.41. The summed E-state index contributed by atoms with van der Waals surface area (Å²) in [6, 6.07) is 14.2. The van der Waals surface area contributed by atoms with Crippen molar-refractivity contribution in [3.8, 4) is 0 Å². The van der Waals surface area contributed by atoms with E-state index in [1.807, 2.05) is 0 Å². The number of hydrogen-bond acceptors (Lipinski definition) is 6. The molecule has 0 unspecified atom stereocenters. The summed E-state index contributed by atoms with van der Waals surface area (Å²) in [4.78, 5) is 24.1. The lowest BCUT2D eigenvalue weighted by molar-refractivity contribution is -0.130. The molecule has 0 aliphatic carbocycles. The molecular weight excluding hydrogens is 488 g/mol. The maximum atomic E-state index is 12.1. The van der Waals surface area contributed by atoms with Crippen molar-refractivity contribution < 1.29 is 32.6 Å². The highest BCUT2D eigenvalue weighted by atomic mass is 79.9. The number of hydrogen-bond donors (Lipinski definition) is 1. The predicted molar refractivity (Wildman–Crippen MR) is 121 cm³/mol. The van der Waals surface area contributed by atoms with Gasteiger partial charge in [0, 0.05) is 17.2 Å². The van der Waals surface area contributed by atoms with Crippen LogP contribution in [0.1, 0.15) is 24.0 Å². The second-order valence-corrected chi connectivity index (χ2v) is 9.41. The average molecular weight is 511 g/mol. The van der Waals surface area contributed by atoms with Crippen LogP contribution in [0.5, 0.6) is 0 Å². The maximum Gasteiger partial charge on any atom is 0.508 e. The van der Waals surface area contributed by atoms with Crippen LogP contribution in [-0.4, -0.2) is 50.4 Å². The Kier molecular flexibility index (Phi) is 9.26. The van der Waals surface area contributed by atoms with Crippen molar-refractivity contribution >= 4 is 49.0 Å². The number of ether oxygens (including phenoxy) is 2. The monoisotopic (exact) mass is 510 g/mol. The van der Waals surface area contributed by atoms with E-state index in [1.54, 1.807) is 30.3 Å². The van der Waals surface area contributed by atoms with E-state index in [9.17, 15) is 23.1 Å². The number of halogens is 1. The van der Waals surface area contributed by atoms with Gasteiger partial charge in [0.05, 0.1) is 17.1 Å². The van der Waals surface area contributed by atoms with E-state index < -0.39 is 22.0 Å². The molecule has 9 heteroatoms. The fraction of sp³-hybridized carbons (Fsp3) is 0.273. The summed E-state index contributed by atoms with van der Waals surface area (Å²) in [5, 5.41) is 10.7. The number of rotatable bonds is 10. The lowest BCUT2D eigenvalue weighted by Crippen LogP contribution is -2.13. The maximum absolute atomic E-state index is 12.1. The minimum Gasteiger partial charge on any atom is -0.478 e. The third-order valence-electron chi connectivity index (χ3n) is 4.29. The Labute approximate surface area is 189 Å². The highest BCUT2D eigenvalue weighted by Gasteiger charge is 2.20. The molecule has 0 saturated heterocycles. The first-order valence-corrected chi connectivity index (χ1v) is 12.4. The largest absolute Gasteiger partial charge is 0.508 e. The van der Waals surface area contributed by atoms with Crippen LogP contribution in [0, 0.1) is 0 Å². The summed E-state index contributed by atoms with van der Waals surface area (Å²) in [6.07, 6.45) is 1.68. The molecule has 1 N–H and O–H groups in total. The van der Waals surface area contributed by atoms with Crippen LogP contribution in [0.15, 0.2) is 59.5 Å². The van der Waals surface area contributed by atoms with Gasteiger partial charge in [-0.1, -0.05) is 58.4 Å². The van der Waals surface area contributed by atoms with Crippen LogP contribution in [-0.2, 0) is 24.1 Å². The number of carbonyl (C=O) groups is 2. The van der Waals surface area contributed by atoms with Gasteiger partial charge < -0.3 is 14.6 Å². The standard InChI is InChI=1S/C22H23BrO7S/c1-31(27,28)18-11-9-16(10-12-18)19(15-30-22(26)29-14-6-5-13-23)20(21(24)25)17-7-3-2-4-8-17/h2-4,7-12H,5-6,13-15H2,1H3,(H,24,25). The number of alkyl halides is 1. The quantitative estimate of drug-likeness (QED) is 0.166. The van der Waals surface area contributed by atoms with E-state index in [0.717, 1.165) is 18.0 Å². The highest BCUT2D eigenvalue weighted by molar-refractivity contribution is 9.09. The summed E-state index contributed by atoms with van der Waals surface area (Å²) < 4.78 is 33.7. The molecule has 166 valence electrons. The number of carbonyl (C=O) groups excluding carboxylic acids is 1. The molecule has 0 aliphatic rings. The van der Waals surface area contributed by atoms with Crippen molar-refractivity contribution in [2.45, 2.75) is 17.7 Å². The first kappa shape index (κ1) is 24.6. The van der Waals surface area contributed by atoms with Crippen LogP contribution in [0.4, 0.5) is 4.79 Å². The number of unbranched alkanes of at least 4 members (excludes halogenated alkanes) is 1. The Bertz CT molecular complexity index is 1030. The zero-order chi connectivity index (χ0) is 22.9. The molecule has 0 heterocycles. The zero-order valence-corrected chi connectivity index (χ0v) is 19.3. The third kappa shape index (κ3) is 7.52. The molecule has 0 bridgehead atoms. The summed E-state index contributed by atoms with van der Waals surface area (Å²) in [5.74, 6) is -1.21. The molecule has 0 aliphatic heterocycles. The summed E-state index contributed by atoms with van der Waals surface area (Å²) in [7, 11) is -3.42. The van der Waals surface area contributed by atoms with Crippen LogP contribution in [0.2, 0.25) is 0 Å². The Morgan fingerprint density at radius 3 is 2.13 bits per heavy atom. The molecule has 2 aromatic rings. The first-order chi connectivity index (χ1) is 14.7. The molecule has 2 aromatic carbocycles. The number of aliphatic carboxylic acids is 1. The highest BCUT2D eigenvalue weighted by Crippen LogP contribution is 2.28. The van der Waals surface area contributed by atoms with Gasteiger partial charge in [-0.2, -0.15) is 0 Å². The second-order valence-electron chi connectivity index (χ2n) is 6.60. The number of carboxylic acid groups (broad SMARTS) is 1. The average Bonchev–Trinajstić information content (AvgIpc) is 2.74. The smallest absolute Gasteiger partial charge is 0.478 e. The Hall–Kier alpha value is -2.65. The second kappa shape index (κ2) is 11.7. The van der Waals surface area contributed by atoms with Crippen molar-refractivity contribution in [3.63, 3.8) is 0 Å². The van der Waals surface area contributed by atoms with E-state index in [0.29, 0.717) is 17.5 Å². The fourth-order valence-electron chi connectivity index (χ4n) is 2.76. The molecule has 0 spiro atoms. The SMILES string of the molecule is CS(=O)(=O)c1ccc(C(COC(=O)OCCCCBr)=C(C(=O)O)c2ccccc2)cc1. The van der Waals surface area contributed by atoms with E-state index in [1.165, 1.54) is 24.3 Å². The van der Waals surface area contributed by atoms with E-state index in [4.69, 9.17) is 9.47 Å². The van der Waals surface area contributed by atoms with E-state index in [2.05, 4.69) is 15.9 Å². The molecule has 0 radical (unpaired) electrons. The van der Waals surface area contributed by atoms with Gasteiger partial charge in [-0.25, -0.2) is 18.0 Å². The Balaban J connectivity index is 2.40. The Morgan fingerprint density at radius 1 is 0.935 bits per heavy atom. The van der Waals surface area contributed by atoms with Crippen molar-refractivity contribution in [1.82, 2.24) is 0 Å². The van der Waals surface area contributed by atoms with Crippen LogP contribution in [0.25, 0.3) is 11.1 Å². The van der Waals surface area contributed by atoms with Gasteiger partial charge in [-0.15, -0.1) is 0 Å². The molecule has 0 saturated carbocycles. The van der Waals surface area contributed by atoms with Crippen LogP contribution >= 0.6 is 15.9 Å².